The molecule has 1 aromatic carbocycles. The van der Waals surface area contributed by atoms with Crippen LogP contribution in [0.3, 0.4) is 0 Å². The normalized spacial score (nSPS) is 13.3. The fourth-order valence-corrected chi connectivity index (χ4v) is 2.32. The maximum Gasteiger partial charge on any atom is 0.235 e. The van der Waals surface area contributed by atoms with E-state index in [1.165, 1.54) is 0 Å². The van der Waals surface area contributed by atoms with Crippen molar-refractivity contribution >= 4 is 17.4 Å². The van der Waals surface area contributed by atoms with Gasteiger partial charge in [0.05, 0.1) is 5.92 Å². The van der Waals surface area contributed by atoms with E-state index < -0.39 is 5.92 Å². The van der Waals surface area contributed by atoms with Crippen molar-refractivity contribution in [3.63, 3.8) is 0 Å². The molecule has 1 unspecified atom stereocenters. The molecule has 0 aliphatic carbocycles. The van der Waals surface area contributed by atoms with Crippen molar-refractivity contribution in [2.75, 3.05) is 5.32 Å². The maximum absolute atomic E-state index is 12.4. The first-order valence-electron chi connectivity index (χ1n) is 7.30. The first-order valence-corrected chi connectivity index (χ1v) is 7.30. The van der Waals surface area contributed by atoms with Crippen molar-refractivity contribution in [3.8, 4) is 0 Å². The van der Waals surface area contributed by atoms with E-state index in [4.69, 9.17) is 10.9 Å². The average Bonchev–Trinajstić information content (AvgIpc) is 2.45. The van der Waals surface area contributed by atoms with E-state index >= 15 is 0 Å². The molecule has 0 aliphatic rings. The third-order valence-electron chi connectivity index (χ3n) is 3.54. The molecule has 0 aliphatic heterocycles. The first-order chi connectivity index (χ1) is 9.92. The zero-order valence-corrected chi connectivity index (χ0v) is 13.2. The lowest BCUT2D eigenvalue weighted by atomic mass is 9.96. The Morgan fingerprint density at radius 1 is 1.43 bits per heavy atom. The molecule has 0 saturated heterocycles. The Kier molecular flexibility index (Phi) is 6.21. The van der Waals surface area contributed by atoms with Gasteiger partial charge >= 0.3 is 0 Å². The van der Waals surface area contributed by atoms with Gasteiger partial charge in [0.2, 0.25) is 5.91 Å². The number of hydrogen-bond donors (Lipinski definition) is 3. The second-order valence-corrected chi connectivity index (χ2v) is 5.55. The molecule has 1 amide bonds. The predicted octanol–water partition coefficient (Wildman–Crippen LogP) is 3.22. The average molecular weight is 291 g/mol. The Morgan fingerprint density at radius 2 is 2.10 bits per heavy atom. The number of carbonyl (C=O) groups is 1. The number of amides is 1. The van der Waals surface area contributed by atoms with Gasteiger partial charge in [-0.2, -0.15) is 0 Å². The minimum Gasteiger partial charge on any atom is -0.409 e. The molecule has 4 N–H and O–H groups in total. The van der Waals surface area contributed by atoms with E-state index in [0.29, 0.717) is 12.3 Å². The summed E-state index contributed by atoms with van der Waals surface area (Å²) in [5.74, 6) is -0.592. The summed E-state index contributed by atoms with van der Waals surface area (Å²) in [5.41, 5.74) is 8.54. The fourth-order valence-electron chi connectivity index (χ4n) is 2.32. The fraction of sp³-hybridized carbons (Fsp3) is 0.500. The van der Waals surface area contributed by atoms with E-state index in [1.54, 1.807) is 0 Å². The van der Waals surface area contributed by atoms with E-state index in [2.05, 4.69) is 24.3 Å². The van der Waals surface area contributed by atoms with Crippen LogP contribution >= 0.6 is 0 Å². The van der Waals surface area contributed by atoms with E-state index in [0.717, 1.165) is 23.2 Å². The molecule has 0 heterocycles. The Labute approximate surface area is 126 Å². The molecule has 0 spiro atoms. The number of hydrogen-bond acceptors (Lipinski definition) is 3. The zero-order chi connectivity index (χ0) is 16.0. The molecule has 0 aromatic heterocycles. The summed E-state index contributed by atoms with van der Waals surface area (Å²) in [7, 11) is 0. The molecule has 0 saturated carbocycles. The zero-order valence-electron chi connectivity index (χ0n) is 13.2. The second-order valence-electron chi connectivity index (χ2n) is 5.55. The van der Waals surface area contributed by atoms with Crippen molar-refractivity contribution < 1.29 is 10.0 Å². The van der Waals surface area contributed by atoms with Gasteiger partial charge < -0.3 is 16.3 Å². The number of oxime groups is 1. The highest BCUT2D eigenvalue weighted by molar-refractivity contribution is 6.08. The van der Waals surface area contributed by atoms with Gasteiger partial charge in [0.15, 0.2) is 5.84 Å². The van der Waals surface area contributed by atoms with Gasteiger partial charge in [0.1, 0.15) is 0 Å². The van der Waals surface area contributed by atoms with Crippen molar-refractivity contribution in [2.24, 2.45) is 16.8 Å². The van der Waals surface area contributed by atoms with Crippen LogP contribution in [0.1, 0.15) is 50.7 Å². The molecular weight excluding hydrogens is 266 g/mol. The van der Waals surface area contributed by atoms with Gasteiger partial charge in [0.25, 0.3) is 0 Å². The monoisotopic (exact) mass is 291 g/mol. The smallest absolute Gasteiger partial charge is 0.235 e. The van der Waals surface area contributed by atoms with Gasteiger partial charge in [-0.15, -0.1) is 0 Å². The van der Waals surface area contributed by atoms with Crippen LogP contribution < -0.4 is 11.1 Å². The van der Waals surface area contributed by atoms with Crippen LogP contribution in [0.4, 0.5) is 5.69 Å². The molecule has 0 bridgehead atoms. The summed E-state index contributed by atoms with van der Waals surface area (Å²) in [4.78, 5) is 12.4. The van der Waals surface area contributed by atoms with Crippen molar-refractivity contribution in [3.05, 3.63) is 29.3 Å². The molecule has 1 atom stereocenters. The predicted molar refractivity (Wildman–Crippen MR) is 85.7 cm³/mol. The lowest BCUT2D eigenvalue weighted by Crippen LogP contribution is -2.35. The highest BCUT2D eigenvalue weighted by atomic mass is 16.4. The van der Waals surface area contributed by atoms with Crippen LogP contribution in [0.2, 0.25) is 0 Å². The number of carbonyl (C=O) groups excluding carboxylic acids is 1. The third kappa shape index (κ3) is 4.21. The minimum absolute atomic E-state index is 0.0472. The van der Waals surface area contributed by atoms with Gasteiger partial charge in [-0.25, -0.2) is 0 Å². The van der Waals surface area contributed by atoms with Crippen LogP contribution in [-0.4, -0.2) is 17.0 Å². The Bertz CT molecular complexity index is 524. The summed E-state index contributed by atoms with van der Waals surface area (Å²) in [5, 5.41) is 14.8. The number of nitrogens with one attached hydrogen (secondary N) is 1. The summed E-state index contributed by atoms with van der Waals surface area (Å²) in [6.07, 6.45) is 1.32. The molecule has 0 fully saturated rings. The molecule has 21 heavy (non-hydrogen) atoms. The first kappa shape index (κ1) is 17.0. The van der Waals surface area contributed by atoms with Gasteiger partial charge in [-0.3, -0.25) is 4.79 Å². The maximum atomic E-state index is 12.4. The molecule has 5 nitrogen and oxygen atoms in total. The molecule has 5 heteroatoms. The van der Waals surface area contributed by atoms with Crippen molar-refractivity contribution in [1.82, 2.24) is 0 Å². The van der Waals surface area contributed by atoms with Gasteiger partial charge in [0, 0.05) is 5.69 Å². The summed E-state index contributed by atoms with van der Waals surface area (Å²) in [6, 6.07) is 5.94. The summed E-state index contributed by atoms with van der Waals surface area (Å²) >= 11 is 0. The minimum atomic E-state index is -0.611. The number of nitrogens with zero attached hydrogens (tertiary/aromatic N) is 1. The molecule has 0 radical (unpaired) electrons. The quantitative estimate of drug-likeness (QED) is 0.325. The topological polar surface area (TPSA) is 87.7 Å². The number of benzene rings is 1. The Morgan fingerprint density at radius 3 is 2.62 bits per heavy atom. The van der Waals surface area contributed by atoms with Crippen molar-refractivity contribution in [2.45, 2.75) is 46.5 Å². The van der Waals surface area contributed by atoms with Crippen LogP contribution in [0.15, 0.2) is 23.4 Å². The number of amidine groups is 1. The van der Waals surface area contributed by atoms with Crippen LogP contribution in [-0.2, 0) is 4.79 Å². The number of nitrogens with two attached hydrogens (primary N) is 1. The largest absolute Gasteiger partial charge is 0.409 e. The second kappa shape index (κ2) is 7.67. The number of para-hydroxylation sites is 1. The third-order valence-corrected chi connectivity index (χ3v) is 3.54. The molecule has 116 valence electrons. The summed E-state index contributed by atoms with van der Waals surface area (Å²) in [6.45, 7) is 8.08. The van der Waals surface area contributed by atoms with Crippen LogP contribution in [0.5, 0.6) is 0 Å². The number of rotatable bonds is 6. The van der Waals surface area contributed by atoms with Crippen LogP contribution in [0.25, 0.3) is 0 Å². The molecular formula is C16H25N3O2. The highest BCUT2D eigenvalue weighted by Gasteiger charge is 2.23. The number of aryl methyl sites for hydroxylation is 1. The highest BCUT2D eigenvalue weighted by Crippen LogP contribution is 2.28. The van der Waals surface area contributed by atoms with Crippen LogP contribution in [0, 0.1) is 12.8 Å². The Balaban J connectivity index is 3.07. The molecule has 1 rings (SSSR count). The van der Waals surface area contributed by atoms with E-state index in [-0.39, 0.29) is 11.7 Å². The molecule has 1 aromatic rings. The SMILES string of the molecule is CCCC(C(=O)Nc1c(C)cccc1C(C)C)C(N)=NO. The lowest BCUT2D eigenvalue weighted by Gasteiger charge is -2.19. The van der Waals surface area contributed by atoms with Gasteiger partial charge in [-0.1, -0.05) is 50.5 Å². The summed E-state index contributed by atoms with van der Waals surface area (Å²) < 4.78 is 0. The standard InChI is InChI=1S/C16H25N3O2/c1-5-7-13(15(17)19-21)16(20)18-14-11(4)8-6-9-12(14)10(2)3/h6,8-10,13,21H,5,7H2,1-4H3,(H2,17,19)(H,18,20). The Hall–Kier alpha value is -2.04. The van der Waals surface area contributed by atoms with E-state index in [1.807, 2.05) is 32.0 Å². The van der Waals surface area contributed by atoms with E-state index in [9.17, 15) is 4.79 Å². The van der Waals surface area contributed by atoms with Gasteiger partial charge in [-0.05, 0) is 30.4 Å². The lowest BCUT2D eigenvalue weighted by molar-refractivity contribution is -0.118. The number of anilines is 1. The van der Waals surface area contributed by atoms with Crippen molar-refractivity contribution in [1.29, 1.82) is 0 Å².